The minimum Gasteiger partial charge on any atom is -0.380 e. The normalized spacial score (nSPS) is 15.5. The van der Waals surface area contributed by atoms with Crippen molar-refractivity contribution in [2.24, 2.45) is 0 Å². The second kappa shape index (κ2) is 13.0. The van der Waals surface area contributed by atoms with Crippen molar-refractivity contribution in [3.8, 4) is 0 Å². The van der Waals surface area contributed by atoms with Gasteiger partial charge in [0.05, 0.1) is 28.0 Å². The molecule has 1 unspecified atom stereocenters. The maximum absolute atomic E-state index is 13.7. The lowest BCUT2D eigenvalue weighted by molar-refractivity contribution is 0.101. The maximum Gasteiger partial charge on any atom is 0.297 e. The number of rotatable bonds is 10. The molecule has 1 aliphatic heterocycles. The van der Waals surface area contributed by atoms with E-state index in [1.54, 1.807) is 37.4 Å². The first-order valence-corrected chi connectivity index (χ1v) is 17.2. The number of likely N-dealkylation sites (tertiary alicyclic amines) is 1. The fraction of sp³-hybridized carbons (Fsp3) is 0.286. The molecule has 0 spiro atoms. The number of fused-ring (bicyclic) bond motifs is 2. The minimum atomic E-state index is -3.87. The summed E-state index contributed by atoms with van der Waals surface area (Å²) in [6.07, 6.45) is 0.119. The molecule has 0 radical (unpaired) electrons. The first kappa shape index (κ1) is 32.0. The summed E-state index contributed by atoms with van der Waals surface area (Å²) in [5, 5.41) is 4.82. The van der Waals surface area contributed by atoms with Gasteiger partial charge in [-0.3, -0.25) is 18.7 Å². The Balaban J connectivity index is 1.24. The van der Waals surface area contributed by atoms with Crippen LogP contribution in [0, 0.1) is 13.8 Å². The molecular formula is C35H35N3O6S2. The predicted octanol–water partition coefficient (Wildman–Crippen LogP) is 6.65. The Hall–Kier alpha value is -4.00. The zero-order chi connectivity index (χ0) is 32.6. The van der Waals surface area contributed by atoms with Crippen molar-refractivity contribution in [2.75, 3.05) is 25.5 Å². The highest BCUT2D eigenvalue weighted by atomic mass is 32.2. The van der Waals surface area contributed by atoms with Gasteiger partial charge in [0.2, 0.25) is 0 Å². The van der Waals surface area contributed by atoms with Gasteiger partial charge in [0.15, 0.2) is 5.78 Å². The number of para-hydroxylation sites is 1. The second-order valence-corrected chi connectivity index (χ2v) is 14.3. The van der Waals surface area contributed by atoms with Gasteiger partial charge in [0, 0.05) is 47.8 Å². The lowest BCUT2D eigenvalue weighted by Crippen LogP contribution is -2.25. The van der Waals surface area contributed by atoms with Crippen molar-refractivity contribution < 1.29 is 26.9 Å². The van der Waals surface area contributed by atoms with Crippen LogP contribution in [0.5, 0.6) is 0 Å². The summed E-state index contributed by atoms with van der Waals surface area (Å²) in [6, 6.07) is 19.9. The van der Waals surface area contributed by atoms with E-state index in [9.17, 15) is 18.0 Å². The molecule has 0 saturated carbocycles. The zero-order valence-electron chi connectivity index (χ0n) is 26.1. The van der Waals surface area contributed by atoms with Crippen molar-refractivity contribution in [2.45, 2.75) is 51.3 Å². The highest BCUT2D eigenvalue weighted by molar-refractivity contribution is 7.86. The molecular weight excluding hydrogens is 623 g/mol. The van der Waals surface area contributed by atoms with Crippen molar-refractivity contribution >= 4 is 60.0 Å². The van der Waals surface area contributed by atoms with Gasteiger partial charge >= 0.3 is 0 Å². The number of hydrogen-bond donors (Lipinski definition) is 1. The van der Waals surface area contributed by atoms with Gasteiger partial charge in [0.25, 0.3) is 16.0 Å². The zero-order valence-corrected chi connectivity index (χ0v) is 27.8. The number of Topliss-reactive ketones (excluding diaryl/α,β-unsaturated/α-hetero) is 1. The molecule has 3 heterocycles. The number of ether oxygens (including phenoxy) is 1. The van der Waals surface area contributed by atoms with Crippen LogP contribution in [0.15, 0.2) is 71.6 Å². The van der Waals surface area contributed by atoms with Gasteiger partial charge in [-0.2, -0.15) is 8.42 Å². The van der Waals surface area contributed by atoms with E-state index in [0.717, 1.165) is 43.2 Å². The average molecular weight is 658 g/mol. The molecule has 2 aromatic heterocycles. The van der Waals surface area contributed by atoms with Crippen LogP contribution in [0.25, 0.3) is 21.0 Å². The van der Waals surface area contributed by atoms with Crippen LogP contribution in [0.3, 0.4) is 0 Å². The predicted molar refractivity (Wildman–Crippen MR) is 180 cm³/mol. The van der Waals surface area contributed by atoms with Crippen molar-refractivity contribution in [1.29, 1.82) is 0 Å². The lowest BCUT2D eigenvalue weighted by atomic mass is 10.0. The number of hydrogen-bond acceptors (Lipinski definition) is 9. The van der Waals surface area contributed by atoms with Crippen molar-refractivity contribution in [3.63, 3.8) is 0 Å². The number of thiophene rings is 1. The molecule has 6 rings (SSSR count). The molecule has 1 N–H and O–H groups in total. The van der Waals surface area contributed by atoms with E-state index < -0.39 is 16.2 Å². The SMILES string of the molecule is COCc1ccc(C(C)=O)c2sc(C(=O)Nc3cc(CN4CCC(OS(=O)(=O)c5ccc(C)cc5)C4)c4ccccc4n3)c(C)c12. The molecule has 1 atom stereocenters. The largest absolute Gasteiger partial charge is 0.380 e. The summed E-state index contributed by atoms with van der Waals surface area (Å²) >= 11 is 1.30. The number of aromatic nitrogens is 1. The van der Waals surface area contributed by atoms with Gasteiger partial charge in [-0.15, -0.1) is 11.3 Å². The standard InChI is InChI=1S/C35H35N3O6S2/c1-21-9-12-27(13-10-21)46(41,42)44-26-15-16-38(19-26)18-25-17-31(36-30-8-6-5-7-29(25)30)37-35(40)33-22(2)32-24(20-43-4)11-14-28(23(3)39)34(32)45-33/h5-14,17,26H,15-16,18-20H2,1-4H3,(H,36,37,40). The summed E-state index contributed by atoms with van der Waals surface area (Å²) < 4.78 is 37.5. The van der Waals surface area contributed by atoms with Gasteiger partial charge in [-0.05, 0) is 74.2 Å². The number of methoxy groups -OCH3 is 1. The third kappa shape index (κ3) is 6.47. The van der Waals surface area contributed by atoms with Crippen molar-refractivity contribution in [1.82, 2.24) is 9.88 Å². The summed E-state index contributed by atoms with van der Waals surface area (Å²) in [4.78, 5) is 33.7. The number of anilines is 1. The molecule has 1 aliphatic rings. The Bertz CT molecular complexity index is 2070. The van der Waals surface area contributed by atoms with Gasteiger partial charge in [0.1, 0.15) is 5.82 Å². The van der Waals surface area contributed by atoms with E-state index in [1.807, 2.05) is 50.2 Å². The highest BCUT2D eigenvalue weighted by Crippen LogP contribution is 2.37. The molecule has 5 aromatic rings. The number of carbonyl (C=O) groups excluding carboxylic acids is 2. The van der Waals surface area contributed by atoms with Crippen LogP contribution in [-0.4, -0.2) is 56.3 Å². The van der Waals surface area contributed by atoms with Gasteiger partial charge in [-0.1, -0.05) is 42.0 Å². The average Bonchev–Trinajstić information content (AvgIpc) is 3.60. The fourth-order valence-electron chi connectivity index (χ4n) is 6.02. The number of nitrogens with one attached hydrogen (secondary N) is 1. The summed E-state index contributed by atoms with van der Waals surface area (Å²) in [7, 11) is -2.26. The van der Waals surface area contributed by atoms with Crippen LogP contribution in [0.1, 0.15) is 55.6 Å². The van der Waals surface area contributed by atoms with E-state index in [0.29, 0.717) is 48.9 Å². The smallest absolute Gasteiger partial charge is 0.297 e. The molecule has 0 bridgehead atoms. The minimum absolute atomic E-state index is 0.0645. The van der Waals surface area contributed by atoms with Crippen LogP contribution in [0.4, 0.5) is 5.82 Å². The van der Waals surface area contributed by atoms with Crippen LogP contribution in [0.2, 0.25) is 0 Å². The Morgan fingerprint density at radius 2 is 1.80 bits per heavy atom. The van der Waals surface area contributed by atoms with E-state index >= 15 is 0 Å². The number of ketones is 1. The Morgan fingerprint density at radius 3 is 2.54 bits per heavy atom. The second-order valence-electron chi connectivity index (χ2n) is 11.7. The third-order valence-electron chi connectivity index (χ3n) is 8.29. The monoisotopic (exact) mass is 657 g/mol. The maximum atomic E-state index is 13.7. The third-order valence-corrected chi connectivity index (χ3v) is 11.0. The first-order valence-electron chi connectivity index (χ1n) is 15.0. The number of aryl methyl sites for hydroxylation is 2. The number of amides is 1. The van der Waals surface area contributed by atoms with E-state index in [2.05, 4.69) is 10.2 Å². The lowest BCUT2D eigenvalue weighted by Gasteiger charge is -2.18. The van der Waals surface area contributed by atoms with E-state index in [4.69, 9.17) is 13.9 Å². The Labute approximate surface area is 272 Å². The molecule has 0 aliphatic carbocycles. The molecule has 9 nitrogen and oxygen atoms in total. The molecule has 46 heavy (non-hydrogen) atoms. The molecule has 1 saturated heterocycles. The van der Waals surface area contributed by atoms with E-state index in [1.165, 1.54) is 18.3 Å². The topological polar surface area (TPSA) is 115 Å². The van der Waals surface area contributed by atoms with E-state index in [-0.39, 0.29) is 16.6 Å². The number of pyridine rings is 1. The molecule has 1 amide bonds. The number of nitrogens with zero attached hydrogens (tertiary/aromatic N) is 2. The summed E-state index contributed by atoms with van der Waals surface area (Å²) in [5.41, 5.74) is 4.95. The molecule has 3 aromatic carbocycles. The quantitative estimate of drug-likeness (QED) is 0.131. The molecule has 1 fully saturated rings. The summed E-state index contributed by atoms with van der Waals surface area (Å²) in [6.45, 7) is 7.33. The van der Waals surface area contributed by atoms with Crippen molar-refractivity contribution in [3.05, 3.63) is 99.4 Å². The van der Waals surface area contributed by atoms with Crippen LogP contribution < -0.4 is 5.32 Å². The highest BCUT2D eigenvalue weighted by Gasteiger charge is 2.29. The van der Waals surface area contributed by atoms with Gasteiger partial charge < -0.3 is 10.1 Å². The Kier molecular flexibility index (Phi) is 9.04. The molecule has 11 heteroatoms. The Morgan fingerprint density at radius 1 is 1.04 bits per heavy atom. The number of carbonyl (C=O) groups is 2. The fourth-order valence-corrected chi connectivity index (χ4v) is 8.42. The molecule has 238 valence electrons. The summed E-state index contributed by atoms with van der Waals surface area (Å²) in [5.74, 6) is 0.0416. The van der Waals surface area contributed by atoms with Crippen LogP contribution in [-0.2, 0) is 32.2 Å². The van der Waals surface area contributed by atoms with Crippen LogP contribution >= 0.6 is 11.3 Å². The number of benzene rings is 3. The van der Waals surface area contributed by atoms with Gasteiger partial charge in [-0.25, -0.2) is 4.98 Å². The first-order chi connectivity index (χ1) is 22.0.